The highest BCUT2D eigenvalue weighted by molar-refractivity contribution is 5.91. The average Bonchev–Trinajstić information content (AvgIpc) is 3.35. The number of nitrogens with one attached hydrogen (secondary N) is 3. The van der Waals surface area contributed by atoms with Crippen molar-refractivity contribution in [3.8, 4) is 0 Å². The van der Waals surface area contributed by atoms with E-state index in [0.29, 0.717) is 25.0 Å². The summed E-state index contributed by atoms with van der Waals surface area (Å²) in [6.07, 6.45) is 17.7. The molecule has 7 nitrogen and oxygen atoms in total. The van der Waals surface area contributed by atoms with Gasteiger partial charge in [0.15, 0.2) is 0 Å². The molecule has 1 saturated heterocycles. The van der Waals surface area contributed by atoms with Crippen molar-refractivity contribution in [1.82, 2.24) is 20.9 Å². The number of rotatable bonds is 7. The van der Waals surface area contributed by atoms with E-state index in [-0.39, 0.29) is 29.8 Å². The summed E-state index contributed by atoms with van der Waals surface area (Å²) in [5, 5.41) is 10.5. The van der Waals surface area contributed by atoms with E-state index in [1.807, 2.05) is 53.6 Å². The monoisotopic (exact) mass is 487 g/mol. The predicted octanol–water partition coefficient (Wildman–Crippen LogP) is 2.80. The molecule has 36 heavy (non-hydrogen) atoms. The Balaban J connectivity index is 1.10. The molecule has 2 atom stereocenters. The average molecular weight is 488 g/mol. The Morgan fingerprint density at radius 3 is 2.53 bits per heavy atom. The van der Waals surface area contributed by atoms with Crippen molar-refractivity contribution in [3.63, 3.8) is 0 Å². The van der Waals surface area contributed by atoms with E-state index in [1.54, 1.807) is 6.08 Å². The van der Waals surface area contributed by atoms with E-state index >= 15 is 0 Å². The van der Waals surface area contributed by atoms with Crippen LogP contribution in [0.1, 0.15) is 44.1 Å². The van der Waals surface area contributed by atoms with Gasteiger partial charge in [-0.05, 0) is 85.9 Å². The summed E-state index contributed by atoms with van der Waals surface area (Å²) in [6.45, 7) is 1.31. The Kier molecular flexibility index (Phi) is 7.56. The van der Waals surface area contributed by atoms with Gasteiger partial charge in [-0.3, -0.25) is 9.59 Å². The highest BCUT2D eigenvalue weighted by atomic mass is 16.2. The molecule has 1 saturated carbocycles. The number of benzene rings is 1. The summed E-state index contributed by atoms with van der Waals surface area (Å²) in [7, 11) is 0. The minimum absolute atomic E-state index is 0.0239. The standard InChI is InChI=1S/C29H37N5O2/c30-29(36)27(22-14-17-34(18-15-22)26(35)13-8-20-5-2-1-3-6-20)33-23-11-9-21(10-12-23)24-19-32-25-7-4-16-31-28(24)25/h1-8,13,16,19,21-23,27-28,31-33H,9-12,14-15,17-18H2,(H2,30,36)/b13-8+. The number of hydrogen-bond donors (Lipinski definition) is 4. The van der Waals surface area contributed by atoms with Crippen LogP contribution in [0.15, 0.2) is 72.2 Å². The zero-order valence-electron chi connectivity index (χ0n) is 20.7. The SMILES string of the molecule is NC(=O)C(NC1CCC(C2=CNC3=CC=CNC32)CC1)C1CCN(C(=O)/C=C/c2ccccc2)CC1. The van der Waals surface area contributed by atoms with Crippen LogP contribution in [-0.4, -0.2) is 47.9 Å². The Morgan fingerprint density at radius 2 is 1.81 bits per heavy atom. The van der Waals surface area contributed by atoms with E-state index in [4.69, 9.17) is 5.73 Å². The molecule has 7 heteroatoms. The number of nitrogens with two attached hydrogens (primary N) is 1. The van der Waals surface area contributed by atoms with Crippen LogP contribution in [0.2, 0.25) is 0 Å². The molecule has 0 spiro atoms. The first-order valence-corrected chi connectivity index (χ1v) is 13.2. The van der Waals surface area contributed by atoms with Gasteiger partial charge in [0.05, 0.1) is 12.1 Å². The van der Waals surface area contributed by atoms with Crippen molar-refractivity contribution in [2.24, 2.45) is 17.6 Å². The first-order valence-electron chi connectivity index (χ1n) is 13.2. The molecule has 0 radical (unpaired) electrons. The van der Waals surface area contributed by atoms with Gasteiger partial charge in [0.1, 0.15) is 0 Å². The summed E-state index contributed by atoms with van der Waals surface area (Å²) < 4.78 is 0. The predicted molar refractivity (Wildman–Crippen MR) is 142 cm³/mol. The number of likely N-dealkylation sites (tertiary alicyclic amines) is 1. The topological polar surface area (TPSA) is 99.5 Å². The molecular formula is C29H37N5O2. The Hall–Kier alpha value is -3.32. The van der Waals surface area contributed by atoms with Gasteiger partial charge in [-0.15, -0.1) is 0 Å². The highest BCUT2D eigenvalue weighted by Gasteiger charge is 2.36. The summed E-state index contributed by atoms with van der Waals surface area (Å²) >= 11 is 0. The molecule has 0 bridgehead atoms. The molecule has 1 aromatic carbocycles. The van der Waals surface area contributed by atoms with Gasteiger partial charge in [0.2, 0.25) is 11.8 Å². The first-order chi connectivity index (χ1) is 17.6. The summed E-state index contributed by atoms with van der Waals surface area (Å²) in [5.41, 5.74) is 9.53. The number of carbonyl (C=O) groups excluding carboxylic acids is 2. The van der Waals surface area contributed by atoms with Crippen LogP contribution in [0, 0.1) is 11.8 Å². The van der Waals surface area contributed by atoms with Crippen LogP contribution < -0.4 is 21.7 Å². The van der Waals surface area contributed by atoms with Crippen LogP contribution in [0.4, 0.5) is 0 Å². The molecule has 2 amide bonds. The second kappa shape index (κ2) is 11.2. The van der Waals surface area contributed by atoms with Crippen molar-refractivity contribution >= 4 is 17.9 Å². The molecule has 5 rings (SSSR count). The van der Waals surface area contributed by atoms with Crippen molar-refractivity contribution in [2.75, 3.05) is 13.1 Å². The molecule has 1 aromatic rings. The first kappa shape index (κ1) is 24.4. The molecule has 5 N–H and O–H groups in total. The maximum atomic E-state index is 12.6. The van der Waals surface area contributed by atoms with Gasteiger partial charge in [0.25, 0.3) is 0 Å². The Morgan fingerprint density at radius 1 is 1.06 bits per heavy atom. The van der Waals surface area contributed by atoms with Crippen LogP contribution in [0.25, 0.3) is 6.08 Å². The third kappa shape index (κ3) is 5.57. The van der Waals surface area contributed by atoms with Crippen molar-refractivity contribution in [2.45, 2.75) is 56.7 Å². The molecule has 190 valence electrons. The third-order valence-corrected chi connectivity index (χ3v) is 8.15. The zero-order chi connectivity index (χ0) is 24.9. The summed E-state index contributed by atoms with van der Waals surface area (Å²) in [4.78, 5) is 26.9. The van der Waals surface area contributed by atoms with E-state index in [2.05, 4.69) is 28.2 Å². The van der Waals surface area contributed by atoms with Gasteiger partial charge in [-0.2, -0.15) is 0 Å². The molecule has 0 aromatic heterocycles. The second-order valence-electron chi connectivity index (χ2n) is 10.4. The number of carbonyl (C=O) groups is 2. The van der Waals surface area contributed by atoms with E-state index in [9.17, 15) is 9.59 Å². The molecule has 2 fully saturated rings. The van der Waals surface area contributed by atoms with Gasteiger partial charge < -0.3 is 26.6 Å². The number of hydrogen-bond acceptors (Lipinski definition) is 5. The quantitative estimate of drug-likeness (QED) is 0.443. The lowest BCUT2D eigenvalue weighted by atomic mass is 9.78. The highest BCUT2D eigenvalue weighted by Crippen LogP contribution is 2.36. The fourth-order valence-electron chi connectivity index (χ4n) is 6.09. The fraction of sp³-hybridized carbons (Fsp3) is 0.448. The van der Waals surface area contributed by atoms with Crippen LogP contribution in [0.5, 0.6) is 0 Å². The largest absolute Gasteiger partial charge is 0.379 e. The maximum Gasteiger partial charge on any atom is 0.246 e. The van der Waals surface area contributed by atoms with E-state index < -0.39 is 0 Å². The number of piperidine rings is 1. The molecule has 3 heterocycles. The van der Waals surface area contributed by atoms with Gasteiger partial charge in [-0.1, -0.05) is 30.3 Å². The molecule has 1 aliphatic carbocycles. The normalized spacial score (nSPS) is 27.0. The summed E-state index contributed by atoms with van der Waals surface area (Å²) in [6, 6.07) is 10.1. The zero-order valence-corrected chi connectivity index (χ0v) is 20.7. The molecule has 2 unspecified atom stereocenters. The second-order valence-corrected chi connectivity index (χ2v) is 10.4. The van der Waals surface area contributed by atoms with Gasteiger partial charge in [-0.25, -0.2) is 0 Å². The van der Waals surface area contributed by atoms with Crippen molar-refractivity contribution in [1.29, 1.82) is 0 Å². The van der Waals surface area contributed by atoms with Gasteiger partial charge >= 0.3 is 0 Å². The van der Waals surface area contributed by atoms with E-state index in [1.165, 1.54) is 11.3 Å². The van der Waals surface area contributed by atoms with Crippen molar-refractivity contribution < 1.29 is 9.59 Å². The fourth-order valence-corrected chi connectivity index (χ4v) is 6.09. The maximum absolute atomic E-state index is 12.6. The number of fused-ring (bicyclic) bond motifs is 1. The van der Waals surface area contributed by atoms with Crippen LogP contribution >= 0.6 is 0 Å². The number of allylic oxidation sites excluding steroid dienone is 2. The van der Waals surface area contributed by atoms with Crippen LogP contribution in [-0.2, 0) is 9.59 Å². The molecule has 3 aliphatic heterocycles. The third-order valence-electron chi connectivity index (χ3n) is 8.15. The number of nitrogens with zero attached hydrogens (tertiary/aromatic N) is 1. The summed E-state index contributed by atoms with van der Waals surface area (Å²) in [5.74, 6) is 0.461. The molecule has 4 aliphatic rings. The Bertz CT molecular complexity index is 1060. The lowest BCUT2D eigenvalue weighted by molar-refractivity contribution is -0.128. The minimum Gasteiger partial charge on any atom is -0.379 e. The van der Waals surface area contributed by atoms with Crippen LogP contribution in [0.3, 0.4) is 0 Å². The van der Waals surface area contributed by atoms with Gasteiger partial charge in [0, 0.05) is 37.1 Å². The molecular weight excluding hydrogens is 450 g/mol. The lowest BCUT2D eigenvalue weighted by Crippen LogP contribution is -2.54. The lowest BCUT2D eigenvalue weighted by Gasteiger charge is -2.38. The Labute approximate surface area is 213 Å². The smallest absolute Gasteiger partial charge is 0.246 e. The number of primary amides is 1. The van der Waals surface area contributed by atoms with E-state index in [0.717, 1.165) is 44.1 Å². The van der Waals surface area contributed by atoms with Crippen molar-refractivity contribution in [3.05, 3.63) is 77.8 Å². The minimum atomic E-state index is -0.337. The number of dihydropyridines is 1. The number of amides is 2.